The highest BCUT2D eigenvalue weighted by molar-refractivity contribution is 7.62. The predicted molar refractivity (Wildman–Crippen MR) is 63.1 cm³/mol. The van der Waals surface area contributed by atoms with Gasteiger partial charge in [0.25, 0.3) is 0 Å². The Labute approximate surface area is 96.2 Å². The van der Waals surface area contributed by atoms with E-state index in [0.717, 1.165) is 0 Å². The molecule has 5 nitrogen and oxygen atoms in total. The van der Waals surface area contributed by atoms with E-state index < -0.39 is 13.1 Å². The van der Waals surface area contributed by atoms with Gasteiger partial charge in [0.05, 0.1) is 6.29 Å². The first kappa shape index (κ1) is 15.2. The van der Waals surface area contributed by atoms with Crippen molar-refractivity contribution in [1.29, 1.82) is 0 Å². The Balaban J connectivity index is 4.73. The summed E-state index contributed by atoms with van der Waals surface area (Å²) in [5.74, 6) is -1.55. The molecule has 0 bridgehead atoms. The Morgan fingerprint density at radius 3 is 2.19 bits per heavy atom. The van der Waals surface area contributed by atoms with Gasteiger partial charge in [-0.2, -0.15) is 0 Å². The topological polar surface area (TPSA) is 74.7 Å². The van der Waals surface area contributed by atoms with Crippen LogP contribution in [0.5, 0.6) is 0 Å². The molecule has 1 unspecified atom stereocenters. The Bertz CT molecular complexity index is 310. The largest absolute Gasteiger partial charge is 0.480 e. The molecule has 0 aromatic rings. The Hall–Kier alpha value is -0.830. The number of aliphatic carboxylic acids is 1. The van der Waals surface area contributed by atoms with E-state index >= 15 is 0 Å². The summed E-state index contributed by atoms with van der Waals surface area (Å²) < 4.78 is 11.6. The number of amides is 1. The van der Waals surface area contributed by atoms with E-state index in [-0.39, 0.29) is 24.7 Å². The summed E-state index contributed by atoms with van der Waals surface area (Å²) in [5.41, 5.74) is 0. The van der Waals surface area contributed by atoms with Crippen molar-refractivity contribution in [2.75, 3.05) is 26.2 Å². The number of carboxylic acids is 1. The summed E-state index contributed by atoms with van der Waals surface area (Å²) >= 11 is 0. The van der Waals surface area contributed by atoms with Crippen molar-refractivity contribution in [2.45, 2.75) is 20.3 Å². The quantitative estimate of drug-likeness (QED) is 0.724. The number of rotatable bonds is 6. The minimum atomic E-state index is -2.44. The number of carboxylic acid groups (broad SMARTS) is 1. The van der Waals surface area contributed by atoms with E-state index in [4.69, 9.17) is 5.11 Å². The molecule has 0 aromatic heterocycles. The van der Waals surface area contributed by atoms with Crippen LogP contribution in [-0.2, 0) is 14.2 Å². The van der Waals surface area contributed by atoms with Crippen LogP contribution in [0.1, 0.15) is 20.3 Å². The zero-order chi connectivity index (χ0) is 12.9. The van der Waals surface area contributed by atoms with Crippen molar-refractivity contribution >= 4 is 19.0 Å². The summed E-state index contributed by atoms with van der Waals surface area (Å²) in [6.45, 7) is 6.32. The Morgan fingerprint density at radius 2 is 1.88 bits per heavy atom. The molecular weight excluding hydrogens is 229 g/mol. The first-order valence-electron chi connectivity index (χ1n) is 5.22. The maximum Gasteiger partial charge on any atom is 0.323 e. The van der Waals surface area contributed by atoms with Crippen LogP contribution >= 0.6 is 7.14 Å². The fourth-order valence-electron chi connectivity index (χ4n) is 1.26. The predicted octanol–water partition coefficient (Wildman–Crippen LogP) is 1.53. The highest BCUT2D eigenvalue weighted by atomic mass is 31.2. The Morgan fingerprint density at radius 1 is 1.38 bits per heavy atom. The third-order valence-corrected chi connectivity index (χ3v) is 3.21. The molecule has 0 aromatic carbocycles. The maximum atomic E-state index is 11.8. The van der Waals surface area contributed by atoms with Crippen molar-refractivity contribution in [1.82, 2.24) is 4.90 Å². The molecule has 1 amide bonds. The van der Waals surface area contributed by atoms with E-state index in [2.05, 4.69) is 0 Å². The standard InChI is InChI=1S/C10H20NO4P/c1-5-8(2)10(14)11(6-9(12)13)7-16(3,4)15/h8H,5-7H2,1-4H3,(H,12,13). The van der Waals surface area contributed by atoms with E-state index in [9.17, 15) is 14.2 Å². The van der Waals surface area contributed by atoms with E-state index in [1.807, 2.05) is 6.92 Å². The number of hydrogen-bond acceptors (Lipinski definition) is 3. The highest BCUT2D eigenvalue weighted by Crippen LogP contribution is 2.36. The van der Waals surface area contributed by atoms with Gasteiger partial charge in [0.2, 0.25) is 5.91 Å². The van der Waals surface area contributed by atoms with Crippen LogP contribution in [0.2, 0.25) is 0 Å². The number of hydrogen-bond donors (Lipinski definition) is 1. The Kier molecular flexibility index (Phi) is 5.73. The van der Waals surface area contributed by atoms with E-state index in [1.54, 1.807) is 20.3 Å². The summed E-state index contributed by atoms with van der Waals surface area (Å²) in [6.07, 6.45) is 0.676. The van der Waals surface area contributed by atoms with Crippen LogP contribution in [0.25, 0.3) is 0 Å². The smallest absolute Gasteiger partial charge is 0.323 e. The van der Waals surface area contributed by atoms with Gasteiger partial charge in [-0.25, -0.2) is 0 Å². The van der Waals surface area contributed by atoms with Crippen molar-refractivity contribution in [2.24, 2.45) is 5.92 Å². The highest BCUT2D eigenvalue weighted by Gasteiger charge is 2.25. The van der Waals surface area contributed by atoms with Crippen molar-refractivity contribution < 1.29 is 19.3 Å². The van der Waals surface area contributed by atoms with Gasteiger partial charge in [-0.15, -0.1) is 0 Å². The summed E-state index contributed by atoms with van der Waals surface area (Å²) in [5, 5.41) is 8.70. The average molecular weight is 249 g/mol. The number of nitrogens with zero attached hydrogens (tertiary/aromatic N) is 1. The molecule has 94 valence electrons. The average Bonchev–Trinajstić information content (AvgIpc) is 2.11. The molecule has 0 saturated heterocycles. The second-order valence-corrected chi connectivity index (χ2v) is 7.89. The molecule has 1 atom stereocenters. The lowest BCUT2D eigenvalue weighted by Gasteiger charge is -2.25. The lowest BCUT2D eigenvalue weighted by atomic mass is 10.1. The molecule has 0 aliphatic rings. The molecule has 0 aliphatic heterocycles. The molecule has 0 radical (unpaired) electrons. The van der Waals surface area contributed by atoms with Gasteiger partial charge in [-0.1, -0.05) is 13.8 Å². The monoisotopic (exact) mass is 249 g/mol. The molecule has 0 heterocycles. The molecule has 0 fully saturated rings. The molecule has 6 heteroatoms. The maximum absolute atomic E-state index is 11.8. The number of carbonyl (C=O) groups excluding carboxylic acids is 1. The molecule has 0 spiro atoms. The van der Waals surface area contributed by atoms with Gasteiger partial charge >= 0.3 is 5.97 Å². The second kappa shape index (κ2) is 6.04. The van der Waals surface area contributed by atoms with Gasteiger partial charge < -0.3 is 14.6 Å². The van der Waals surface area contributed by atoms with Crippen molar-refractivity contribution in [3.05, 3.63) is 0 Å². The van der Waals surface area contributed by atoms with Gasteiger partial charge in [0.15, 0.2) is 0 Å². The second-order valence-electron chi connectivity index (χ2n) is 4.45. The zero-order valence-electron chi connectivity index (χ0n) is 10.3. The van der Waals surface area contributed by atoms with Crippen LogP contribution in [-0.4, -0.2) is 48.0 Å². The van der Waals surface area contributed by atoms with Crippen LogP contribution in [0.15, 0.2) is 0 Å². The summed E-state index contributed by atoms with van der Waals surface area (Å²) in [7, 11) is -2.44. The third-order valence-electron chi connectivity index (χ3n) is 2.18. The number of carbonyl (C=O) groups is 2. The van der Waals surface area contributed by atoms with E-state index in [0.29, 0.717) is 6.42 Å². The first-order chi connectivity index (χ1) is 7.17. The molecule has 16 heavy (non-hydrogen) atoms. The fraction of sp³-hybridized carbons (Fsp3) is 0.800. The lowest BCUT2D eigenvalue weighted by molar-refractivity contribution is -0.145. The van der Waals surface area contributed by atoms with Crippen LogP contribution in [0, 0.1) is 5.92 Å². The molecular formula is C10H20NO4P. The lowest BCUT2D eigenvalue weighted by Crippen LogP contribution is -2.39. The normalized spacial score (nSPS) is 13.2. The molecule has 1 N–H and O–H groups in total. The van der Waals surface area contributed by atoms with Gasteiger partial charge in [0, 0.05) is 5.92 Å². The van der Waals surface area contributed by atoms with Crippen LogP contribution in [0.4, 0.5) is 0 Å². The first-order valence-corrected chi connectivity index (χ1v) is 8.00. The summed E-state index contributed by atoms with van der Waals surface area (Å²) in [6, 6.07) is 0. The van der Waals surface area contributed by atoms with E-state index in [1.165, 1.54) is 4.90 Å². The molecule has 0 rings (SSSR count). The van der Waals surface area contributed by atoms with Gasteiger partial charge in [0.1, 0.15) is 13.7 Å². The molecule has 0 aliphatic carbocycles. The van der Waals surface area contributed by atoms with Gasteiger partial charge in [-0.05, 0) is 19.8 Å². The third kappa shape index (κ3) is 5.91. The fourth-order valence-corrected chi connectivity index (χ4v) is 2.32. The van der Waals surface area contributed by atoms with Crippen LogP contribution < -0.4 is 0 Å². The minimum absolute atomic E-state index is 0.0302. The SMILES string of the molecule is CCC(C)C(=O)N(CC(=O)O)CP(C)(C)=O. The molecule has 0 saturated carbocycles. The van der Waals surface area contributed by atoms with Crippen LogP contribution in [0.3, 0.4) is 0 Å². The zero-order valence-corrected chi connectivity index (χ0v) is 11.2. The van der Waals surface area contributed by atoms with Crippen molar-refractivity contribution in [3.63, 3.8) is 0 Å². The minimum Gasteiger partial charge on any atom is -0.480 e. The van der Waals surface area contributed by atoms with Crippen molar-refractivity contribution in [3.8, 4) is 0 Å². The van der Waals surface area contributed by atoms with Gasteiger partial charge in [-0.3, -0.25) is 9.59 Å². The summed E-state index contributed by atoms with van der Waals surface area (Å²) in [4.78, 5) is 23.6.